The molecule has 0 saturated carbocycles. The molecule has 2 aromatic heterocycles. The van der Waals surface area contributed by atoms with Gasteiger partial charge >= 0.3 is 0 Å². The predicted molar refractivity (Wildman–Crippen MR) is 190 cm³/mol. The minimum atomic E-state index is -1.19. The zero-order valence-corrected chi connectivity index (χ0v) is 28.8. The number of nitrogens with zero attached hydrogens (tertiary/aromatic N) is 6. The monoisotopic (exact) mass is 704 g/mol. The van der Waals surface area contributed by atoms with Crippen molar-refractivity contribution in [2.24, 2.45) is 0 Å². The summed E-state index contributed by atoms with van der Waals surface area (Å²) in [6, 6.07) is 22.3. The van der Waals surface area contributed by atoms with Gasteiger partial charge in [0.1, 0.15) is 30.6 Å². The highest BCUT2D eigenvalue weighted by atomic mass is 16.5. The lowest BCUT2D eigenvalue weighted by molar-refractivity contribution is -0.0413. The van der Waals surface area contributed by atoms with Crippen LogP contribution in [0, 0.1) is 0 Å². The summed E-state index contributed by atoms with van der Waals surface area (Å²) in [6.45, 7) is 5.74. The Balaban J connectivity index is 0.868. The van der Waals surface area contributed by atoms with Gasteiger partial charge in [0.05, 0.1) is 41.9 Å². The van der Waals surface area contributed by atoms with Crippen molar-refractivity contribution in [1.29, 1.82) is 0 Å². The second-order valence-electron chi connectivity index (χ2n) is 13.3. The van der Waals surface area contributed by atoms with E-state index in [9.17, 15) is 19.8 Å². The third-order valence-electron chi connectivity index (χ3n) is 9.50. The normalized spacial score (nSPS) is 18.7. The third kappa shape index (κ3) is 7.35. The van der Waals surface area contributed by atoms with E-state index >= 15 is 0 Å². The van der Waals surface area contributed by atoms with Crippen LogP contribution in [0.25, 0.3) is 5.95 Å². The number of carbonyl (C=O) groups excluding carboxylic acids is 2. The van der Waals surface area contributed by atoms with E-state index in [0.29, 0.717) is 56.1 Å². The van der Waals surface area contributed by atoms with Crippen LogP contribution in [-0.2, 0) is 12.0 Å². The standard InChI is InChI=1S/C38H40N8O6/c1-38(2,25-6-11-29(12-7-25)52-23-27-16-18-40-37(42-27)45-20-19-41-44-45)24-4-9-28(10-5-24)51-21-3-17-39-26-8-13-30-31(22-26)36(50)46(35(30)49)32-14-15-33(47)43-34(32)48/h4-13,16,18-20,22,32-34,39,43,47-48H,3,14-15,17,21,23H2,1-2H3. The summed E-state index contributed by atoms with van der Waals surface area (Å²) in [5.74, 6) is 1.06. The molecular formula is C38H40N8O6. The molecule has 2 aliphatic heterocycles. The van der Waals surface area contributed by atoms with Crippen LogP contribution in [0.4, 0.5) is 5.69 Å². The SMILES string of the molecule is CC(C)(c1ccc(OCCCNc2ccc3c(c2)C(=O)N(C2CCC(O)NC2O)C3=O)cc1)c1ccc(OCc2ccnc(-n3ccnn3)n2)cc1. The molecule has 14 nitrogen and oxygen atoms in total. The number of amides is 2. The summed E-state index contributed by atoms with van der Waals surface area (Å²) < 4.78 is 13.5. The molecule has 0 aliphatic carbocycles. The zero-order valence-electron chi connectivity index (χ0n) is 28.8. The van der Waals surface area contributed by atoms with Crippen molar-refractivity contribution in [3.8, 4) is 17.4 Å². The van der Waals surface area contributed by atoms with E-state index in [-0.39, 0.29) is 5.41 Å². The van der Waals surface area contributed by atoms with Crippen molar-refractivity contribution in [2.75, 3.05) is 18.5 Å². The Labute approximate surface area is 300 Å². The van der Waals surface area contributed by atoms with Gasteiger partial charge in [-0.15, -0.1) is 5.10 Å². The Morgan fingerprint density at radius 3 is 2.29 bits per heavy atom. The fourth-order valence-electron chi connectivity index (χ4n) is 6.46. The number of aromatic nitrogens is 5. The first-order chi connectivity index (χ1) is 25.2. The van der Waals surface area contributed by atoms with Crippen LogP contribution in [-0.4, -0.2) is 83.5 Å². The molecule has 52 heavy (non-hydrogen) atoms. The highest BCUT2D eigenvalue weighted by molar-refractivity contribution is 6.22. The van der Waals surface area contributed by atoms with Crippen molar-refractivity contribution < 1.29 is 29.3 Å². The number of anilines is 1. The van der Waals surface area contributed by atoms with Gasteiger partial charge in [-0.25, -0.2) is 9.97 Å². The maximum atomic E-state index is 13.1. The fraction of sp³-hybridized carbons (Fsp3) is 0.316. The number of rotatable bonds is 13. The van der Waals surface area contributed by atoms with Gasteiger partial charge < -0.3 is 25.0 Å². The second-order valence-corrected chi connectivity index (χ2v) is 13.3. The van der Waals surface area contributed by atoms with Crippen molar-refractivity contribution in [2.45, 2.75) is 63.6 Å². The Morgan fingerprint density at radius 1 is 0.885 bits per heavy atom. The summed E-state index contributed by atoms with van der Waals surface area (Å²) in [7, 11) is 0. The quantitative estimate of drug-likeness (QED) is 0.103. The molecular weight excluding hydrogens is 664 g/mol. The Hall–Kier alpha value is -5.70. The number of fused-ring (bicyclic) bond motifs is 1. The van der Waals surface area contributed by atoms with Gasteiger partial charge in [0.2, 0.25) is 0 Å². The van der Waals surface area contributed by atoms with Crippen LogP contribution in [0.15, 0.2) is 91.4 Å². The average Bonchev–Trinajstić information content (AvgIpc) is 3.78. The van der Waals surface area contributed by atoms with Gasteiger partial charge in [-0.3, -0.25) is 19.8 Å². The molecule has 1 saturated heterocycles. The number of carbonyl (C=O) groups is 2. The van der Waals surface area contributed by atoms with Crippen molar-refractivity contribution >= 4 is 17.5 Å². The molecule has 0 spiro atoms. The molecule has 4 N–H and O–H groups in total. The summed E-state index contributed by atoms with van der Waals surface area (Å²) >= 11 is 0. The van der Waals surface area contributed by atoms with Crippen molar-refractivity contribution in [1.82, 2.24) is 35.2 Å². The van der Waals surface area contributed by atoms with Gasteiger partial charge in [0, 0.05) is 23.8 Å². The molecule has 268 valence electrons. The first kappa shape index (κ1) is 34.7. The molecule has 3 aromatic carbocycles. The first-order valence-corrected chi connectivity index (χ1v) is 17.2. The van der Waals surface area contributed by atoms with E-state index in [0.717, 1.165) is 38.9 Å². The smallest absolute Gasteiger partial charge is 0.262 e. The van der Waals surface area contributed by atoms with Crippen LogP contribution in [0.1, 0.15) is 70.6 Å². The van der Waals surface area contributed by atoms with Gasteiger partial charge in [-0.05, 0) is 78.9 Å². The molecule has 1 fully saturated rings. The predicted octanol–water partition coefficient (Wildman–Crippen LogP) is 3.83. The van der Waals surface area contributed by atoms with E-state index in [4.69, 9.17) is 9.47 Å². The number of hydrogen-bond donors (Lipinski definition) is 4. The van der Waals surface area contributed by atoms with Crippen LogP contribution in [0.2, 0.25) is 0 Å². The maximum absolute atomic E-state index is 13.1. The van der Waals surface area contributed by atoms with Crippen LogP contribution < -0.4 is 20.1 Å². The number of nitrogens with one attached hydrogen (secondary N) is 2. The molecule has 0 radical (unpaired) electrons. The molecule has 0 bridgehead atoms. The van der Waals surface area contributed by atoms with Crippen molar-refractivity contribution in [3.05, 3.63) is 119 Å². The summed E-state index contributed by atoms with van der Waals surface area (Å²) in [6.07, 6.45) is 4.23. The van der Waals surface area contributed by atoms with Gasteiger partial charge in [0.15, 0.2) is 0 Å². The number of hydrogen-bond acceptors (Lipinski definition) is 12. The Morgan fingerprint density at radius 2 is 1.60 bits per heavy atom. The topological polar surface area (TPSA) is 177 Å². The minimum absolute atomic E-state index is 0.255. The Kier molecular flexibility index (Phi) is 9.94. The molecule has 14 heteroatoms. The summed E-state index contributed by atoms with van der Waals surface area (Å²) in [5, 5.41) is 33.7. The molecule has 3 unspecified atom stereocenters. The first-order valence-electron chi connectivity index (χ1n) is 17.2. The Bertz CT molecular complexity index is 2020. The number of benzene rings is 3. The zero-order chi connectivity index (χ0) is 36.2. The van der Waals surface area contributed by atoms with E-state index < -0.39 is 30.3 Å². The average molecular weight is 705 g/mol. The van der Waals surface area contributed by atoms with Gasteiger partial charge in [-0.1, -0.05) is 43.3 Å². The molecule has 7 rings (SSSR count). The number of ether oxygens (including phenoxy) is 2. The molecule has 3 atom stereocenters. The number of aliphatic hydroxyl groups excluding tert-OH is 2. The summed E-state index contributed by atoms with van der Waals surface area (Å²) in [5.41, 5.74) is 4.09. The van der Waals surface area contributed by atoms with Crippen molar-refractivity contribution in [3.63, 3.8) is 0 Å². The lowest BCUT2D eigenvalue weighted by atomic mass is 9.78. The molecule has 2 amide bonds. The van der Waals surface area contributed by atoms with Gasteiger partial charge in [-0.2, -0.15) is 4.68 Å². The van der Waals surface area contributed by atoms with E-state index in [1.54, 1.807) is 42.9 Å². The largest absolute Gasteiger partial charge is 0.494 e. The van der Waals surface area contributed by atoms with Gasteiger partial charge in [0.25, 0.3) is 17.8 Å². The highest BCUT2D eigenvalue weighted by Crippen LogP contribution is 2.34. The third-order valence-corrected chi connectivity index (χ3v) is 9.50. The van der Waals surface area contributed by atoms with E-state index in [2.05, 4.69) is 69.0 Å². The fourth-order valence-corrected chi connectivity index (χ4v) is 6.46. The van der Waals surface area contributed by atoms with Crippen LogP contribution in [0.3, 0.4) is 0 Å². The molecule has 4 heterocycles. The highest BCUT2D eigenvalue weighted by Gasteiger charge is 2.44. The second kappa shape index (κ2) is 14.9. The van der Waals surface area contributed by atoms with Crippen LogP contribution in [0.5, 0.6) is 11.5 Å². The number of piperidine rings is 1. The summed E-state index contributed by atoms with van der Waals surface area (Å²) in [4.78, 5) is 36.0. The number of imide groups is 1. The van der Waals surface area contributed by atoms with E-state index in [1.165, 1.54) is 4.68 Å². The lowest BCUT2D eigenvalue weighted by Crippen LogP contribution is -2.58. The molecule has 2 aliphatic rings. The number of aliphatic hydroxyl groups is 2. The maximum Gasteiger partial charge on any atom is 0.262 e. The minimum Gasteiger partial charge on any atom is -0.494 e. The lowest BCUT2D eigenvalue weighted by Gasteiger charge is -2.36. The molecule has 5 aromatic rings. The van der Waals surface area contributed by atoms with E-state index in [1.807, 2.05) is 24.3 Å². The van der Waals surface area contributed by atoms with Crippen LogP contribution >= 0.6 is 0 Å².